The van der Waals surface area contributed by atoms with Crippen LogP contribution in [0.4, 0.5) is 18.9 Å². The highest BCUT2D eigenvalue weighted by atomic mass is 19.3. The molecular weight excluding hydrogens is 215 g/mol. The van der Waals surface area contributed by atoms with E-state index in [1.807, 2.05) is 0 Å². The third-order valence-corrected chi connectivity index (χ3v) is 1.75. The Hall–Kier alpha value is -1.63. The van der Waals surface area contributed by atoms with Crippen molar-refractivity contribution in [2.75, 3.05) is 6.61 Å². The van der Waals surface area contributed by atoms with Gasteiger partial charge in [0.05, 0.1) is 4.92 Å². The second-order valence-electron chi connectivity index (χ2n) is 2.75. The molecule has 1 aromatic carbocycles. The quantitative estimate of drug-likeness (QED) is 0.625. The van der Waals surface area contributed by atoms with Gasteiger partial charge in [0.1, 0.15) is 18.0 Å². The molecule has 0 amide bonds. The highest BCUT2D eigenvalue weighted by Crippen LogP contribution is 2.36. The third kappa shape index (κ3) is 2.07. The molecule has 0 aliphatic rings. The van der Waals surface area contributed by atoms with Crippen molar-refractivity contribution < 1.29 is 23.2 Å². The summed E-state index contributed by atoms with van der Waals surface area (Å²) in [7, 11) is 0. The van der Waals surface area contributed by atoms with E-state index in [1.165, 1.54) is 0 Å². The molecular formula is C8H6F3NO3. The second kappa shape index (κ2) is 3.85. The SMILES string of the molecule is O=[N+]([O-])c1cccc(F)c1C(F)(F)CO. The summed E-state index contributed by atoms with van der Waals surface area (Å²) in [6.07, 6.45) is 0. The number of aliphatic hydroxyl groups excluding tert-OH is 1. The van der Waals surface area contributed by atoms with Crippen LogP contribution in [0, 0.1) is 15.9 Å². The van der Waals surface area contributed by atoms with Crippen LogP contribution in [0.25, 0.3) is 0 Å². The van der Waals surface area contributed by atoms with Crippen molar-refractivity contribution in [1.82, 2.24) is 0 Å². The number of rotatable bonds is 3. The first-order valence-corrected chi connectivity index (χ1v) is 3.82. The van der Waals surface area contributed by atoms with Crippen molar-refractivity contribution >= 4 is 5.69 Å². The van der Waals surface area contributed by atoms with Crippen molar-refractivity contribution in [2.45, 2.75) is 5.92 Å². The molecule has 0 aromatic heterocycles. The Morgan fingerprint density at radius 3 is 2.53 bits per heavy atom. The second-order valence-corrected chi connectivity index (χ2v) is 2.75. The van der Waals surface area contributed by atoms with Gasteiger partial charge in [-0.1, -0.05) is 6.07 Å². The van der Waals surface area contributed by atoms with Gasteiger partial charge in [-0.25, -0.2) is 4.39 Å². The fraction of sp³-hybridized carbons (Fsp3) is 0.250. The summed E-state index contributed by atoms with van der Waals surface area (Å²) in [6, 6.07) is 2.37. The van der Waals surface area contributed by atoms with Gasteiger partial charge in [0.15, 0.2) is 0 Å². The number of nitrogens with zero attached hydrogens (tertiary/aromatic N) is 1. The van der Waals surface area contributed by atoms with Gasteiger partial charge < -0.3 is 5.11 Å². The first kappa shape index (κ1) is 11.4. The number of halogens is 3. The van der Waals surface area contributed by atoms with E-state index in [2.05, 4.69) is 0 Å². The molecule has 0 atom stereocenters. The highest BCUT2D eigenvalue weighted by molar-refractivity contribution is 5.43. The molecule has 7 heteroatoms. The lowest BCUT2D eigenvalue weighted by Crippen LogP contribution is -2.21. The summed E-state index contributed by atoms with van der Waals surface area (Å²) in [6.45, 7) is -1.69. The average Bonchev–Trinajstić information content (AvgIpc) is 2.17. The Balaban J connectivity index is 3.44. The van der Waals surface area contributed by atoms with Crippen LogP contribution in [0.1, 0.15) is 5.56 Å². The molecule has 0 unspecified atom stereocenters. The number of aliphatic hydroxyl groups is 1. The zero-order chi connectivity index (χ0) is 11.6. The van der Waals surface area contributed by atoms with Gasteiger partial charge in [-0.05, 0) is 6.07 Å². The number of alkyl halides is 2. The lowest BCUT2D eigenvalue weighted by atomic mass is 10.1. The lowest BCUT2D eigenvalue weighted by Gasteiger charge is -2.13. The van der Waals surface area contributed by atoms with Crippen LogP contribution in [-0.2, 0) is 5.92 Å². The Morgan fingerprint density at radius 2 is 2.07 bits per heavy atom. The Morgan fingerprint density at radius 1 is 1.47 bits per heavy atom. The number of nitro groups is 1. The number of benzene rings is 1. The van der Waals surface area contributed by atoms with Crippen molar-refractivity contribution in [2.24, 2.45) is 0 Å². The van der Waals surface area contributed by atoms with Gasteiger partial charge in [0.25, 0.3) is 5.69 Å². The maximum Gasteiger partial charge on any atom is 0.305 e. The monoisotopic (exact) mass is 221 g/mol. The lowest BCUT2D eigenvalue weighted by molar-refractivity contribution is -0.387. The smallest absolute Gasteiger partial charge is 0.305 e. The third-order valence-electron chi connectivity index (χ3n) is 1.75. The molecule has 1 rings (SSSR count). The fourth-order valence-electron chi connectivity index (χ4n) is 1.11. The Kier molecular flexibility index (Phi) is 2.94. The van der Waals surface area contributed by atoms with Crippen LogP contribution >= 0.6 is 0 Å². The summed E-state index contributed by atoms with van der Waals surface area (Å²) >= 11 is 0. The Labute approximate surface area is 82.1 Å². The van der Waals surface area contributed by atoms with Gasteiger partial charge in [-0.15, -0.1) is 0 Å². The fourth-order valence-corrected chi connectivity index (χ4v) is 1.11. The molecule has 0 aliphatic heterocycles. The van der Waals surface area contributed by atoms with Gasteiger partial charge in [0, 0.05) is 6.07 Å². The van der Waals surface area contributed by atoms with Crippen molar-refractivity contribution in [3.8, 4) is 0 Å². The van der Waals surface area contributed by atoms with E-state index in [0.717, 1.165) is 12.1 Å². The molecule has 1 aromatic rings. The van der Waals surface area contributed by atoms with E-state index in [9.17, 15) is 23.3 Å². The Bertz CT molecular complexity index is 395. The van der Waals surface area contributed by atoms with E-state index >= 15 is 0 Å². The zero-order valence-electron chi connectivity index (χ0n) is 7.28. The normalized spacial score (nSPS) is 11.5. The molecule has 0 fully saturated rings. The number of hydrogen-bond acceptors (Lipinski definition) is 3. The molecule has 0 heterocycles. The van der Waals surface area contributed by atoms with Crippen LogP contribution in [0.5, 0.6) is 0 Å². The van der Waals surface area contributed by atoms with E-state index in [0.29, 0.717) is 6.07 Å². The van der Waals surface area contributed by atoms with Gasteiger partial charge in [-0.2, -0.15) is 8.78 Å². The number of hydrogen-bond donors (Lipinski definition) is 1. The van der Waals surface area contributed by atoms with E-state index in [4.69, 9.17) is 5.11 Å². The number of nitro benzene ring substituents is 1. The largest absolute Gasteiger partial charge is 0.390 e. The van der Waals surface area contributed by atoms with Crippen molar-refractivity contribution in [3.05, 3.63) is 39.7 Å². The van der Waals surface area contributed by atoms with Crippen LogP contribution < -0.4 is 0 Å². The average molecular weight is 221 g/mol. The van der Waals surface area contributed by atoms with Crippen LogP contribution in [0.3, 0.4) is 0 Å². The molecule has 15 heavy (non-hydrogen) atoms. The first-order valence-electron chi connectivity index (χ1n) is 3.82. The van der Waals surface area contributed by atoms with E-state index in [-0.39, 0.29) is 0 Å². The summed E-state index contributed by atoms with van der Waals surface area (Å²) in [5.74, 6) is -5.38. The minimum Gasteiger partial charge on any atom is -0.390 e. The highest BCUT2D eigenvalue weighted by Gasteiger charge is 2.40. The van der Waals surface area contributed by atoms with E-state index < -0.39 is 34.5 Å². The van der Waals surface area contributed by atoms with Crippen molar-refractivity contribution in [3.63, 3.8) is 0 Å². The molecule has 0 bridgehead atoms. The molecule has 0 aliphatic carbocycles. The van der Waals surface area contributed by atoms with Crippen LogP contribution in [0.2, 0.25) is 0 Å². The summed E-state index contributed by atoms with van der Waals surface area (Å²) in [4.78, 5) is 9.24. The van der Waals surface area contributed by atoms with Crippen LogP contribution in [-0.4, -0.2) is 16.6 Å². The summed E-state index contributed by atoms with van der Waals surface area (Å²) in [5, 5.41) is 18.7. The summed E-state index contributed by atoms with van der Waals surface area (Å²) in [5.41, 5.74) is -2.44. The molecule has 0 saturated heterocycles. The molecule has 82 valence electrons. The predicted molar refractivity (Wildman–Crippen MR) is 44.0 cm³/mol. The topological polar surface area (TPSA) is 63.4 Å². The van der Waals surface area contributed by atoms with Crippen LogP contribution in [0.15, 0.2) is 18.2 Å². The van der Waals surface area contributed by atoms with Gasteiger partial charge in [-0.3, -0.25) is 10.1 Å². The zero-order valence-corrected chi connectivity index (χ0v) is 7.28. The summed E-state index contributed by atoms with van der Waals surface area (Å²) < 4.78 is 38.9. The molecule has 0 radical (unpaired) electrons. The minimum atomic E-state index is -3.96. The van der Waals surface area contributed by atoms with Gasteiger partial charge >= 0.3 is 5.92 Å². The molecule has 0 spiro atoms. The molecule has 0 saturated carbocycles. The van der Waals surface area contributed by atoms with Crippen molar-refractivity contribution in [1.29, 1.82) is 0 Å². The predicted octanol–water partition coefficient (Wildman–Crippen LogP) is 1.82. The van der Waals surface area contributed by atoms with E-state index in [1.54, 1.807) is 0 Å². The molecule has 1 N–H and O–H groups in total. The maximum absolute atomic E-state index is 13.0. The maximum atomic E-state index is 13.0. The first-order chi connectivity index (χ1) is 6.90. The van der Waals surface area contributed by atoms with Gasteiger partial charge in [0.2, 0.25) is 0 Å². The minimum absolute atomic E-state index is 0.673. The standard InChI is InChI=1S/C8H6F3NO3/c9-5-2-1-3-6(12(14)15)7(5)8(10,11)4-13/h1-3,13H,4H2. The molecule has 4 nitrogen and oxygen atoms in total.